The van der Waals surface area contributed by atoms with Crippen LogP contribution >= 0.6 is 0 Å². The molecule has 19 heavy (non-hydrogen) atoms. The molecule has 2 N–H and O–H groups in total. The predicted molar refractivity (Wildman–Crippen MR) is 77.5 cm³/mol. The first kappa shape index (κ1) is 11.7. The maximum atomic E-state index is 6.07. The summed E-state index contributed by atoms with van der Waals surface area (Å²) in [5.41, 5.74) is 12.2. The highest BCUT2D eigenvalue weighted by Gasteiger charge is 2.13. The smallest absolute Gasteiger partial charge is 0.207 e. The van der Waals surface area contributed by atoms with E-state index < -0.39 is 0 Å². The van der Waals surface area contributed by atoms with Gasteiger partial charge in [0.1, 0.15) is 5.52 Å². The Labute approximate surface area is 111 Å². The Morgan fingerprint density at radius 2 is 1.74 bits per heavy atom. The third-order valence-corrected chi connectivity index (χ3v) is 3.24. The predicted octanol–water partition coefficient (Wildman–Crippen LogP) is 2.93. The fourth-order valence-electron chi connectivity index (χ4n) is 2.45. The molecule has 0 aliphatic heterocycles. The van der Waals surface area contributed by atoms with Crippen LogP contribution in [-0.2, 0) is 0 Å². The van der Waals surface area contributed by atoms with E-state index in [2.05, 4.69) is 42.0 Å². The number of fused-ring (bicyclic) bond motifs is 1. The van der Waals surface area contributed by atoms with Crippen LogP contribution in [0.2, 0.25) is 0 Å². The number of hydrogen-bond acceptors (Lipinski definition) is 3. The normalized spacial score (nSPS) is 11.1. The number of benzene rings is 1. The molecule has 0 amide bonds. The van der Waals surface area contributed by atoms with Gasteiger partial charge in [0.2, 0.25) is 5.95 Å². The number of imidazole rings is 1. The van der Waals surface area contributed by atoms with Crippen LogP contribution < -0.4 is 5.73 Å². The molecule has 0 fully saturated rings. The summed E-state index contributed by atoms with van der Waals surface area (Å²) in [6.07, 6.45) is 1.79. The Morgan fingerprint density at radius 3 is 2.42 bits per heavy atom. The Hall–Kier alpha value is -2.36. The van der Waals surface area contributed by atoms with Gasteiger partial charge in [-0.15, -0.1) is 0 Å². The molecule has 0 aliphatic rings. The Balaban J connectivity index is 2.36. The number of nitrogens with zero attached hydrogens (tertiary/aromatic N) is 3. The summed E-state index contributed by atoms with van der Waals surface area (Å²) in [7, 11) is 0. The molecule has 4 nitrogen and oxygen atoms in total. The number of rotatable bonds is 1. The Bertz CT molecular complexity index is 751. The molecule has 0 unspecified atom stereocenters. The monoisotopic (exact) mass is 252 g/mol. The van der Waals surface area contributed by atoms with Crippen LogP contribution in [0.15, 0.2) is 30.5 Å². The lowest BCUT2D eigenvalue weighted by Crippen LogP contribution is -2.02. The highest BCUT2D eigenvalue weighted by Crippen LogP contribution is 2.24. The van der Waals surface area contributed by atoms with Crippen molar-refractivity contribution in [3.8, 4) is 5.69 Å². The van der Waals surface area contributed by atoms with Crippen molar-refractivity contribution in [1.29, 1.82) is 0 Å². The molecular formula is C15H16N4. The topological polar surface area (TPSA) is 56.7 Å². The number of anilines is 1. The van der Waals surface area contributed by atoms with Crippen molar-refractivity contribution >= 4 is 17.1 Å². The maximum absolute atomic E-state index is 6.07. The van der Waals surface area contributed by atoms with E-state index in [1.165, 1.54) is 11.1 Å². The fourth-order valence-corrected chi connectivity index (χ4v) is 2.45. The van der Waals surface area contributed by atoms with Gasteiger partial charge in [-0.05, 0) is 55.7 Å². The highest BCUT2D eigenvalue weighted by atomic mass is 15.2. The summed E-state index contributed by atoms with van der Waals surface area (Å²) in [4.78, 5) is 8.85. The van der Waals surface area contributed by atoms with Gasteiger partial charge in [-0.2, -0.15) is 0 Å². The van der Waals surface area contributed by atoms with E-state index in [0.29, 0.717) is 5.95 Å². The van der Waals surface area contributed by atoms with Gasteiger partial charge in [0.05, 0.1) is 5.69 Å². The van der Waals surface area contributed by atoms with Crippen molar-refractivity contribution in [3.63, 3.8) is 0 Å². The average molecular weight is 252 g/mol. The summed E-state index contributed by atoms with van der Waals surface area (Å²) in [6, 6.07) is 8.26. The van der Waals surface area contributed by atoms with Crippen molar-refractivity contribution < 1.29 is 0 Å². The van der Waals surface area contributed by atoms with Crippen molar-refractivity contribution in [2.75, 3.05) is 5.73 Å². The van der Waals surface area contributed by atoms with Crippen LogP contribution in [0.4, 0.5) is 5.95 Å². The van der Waals surface area contributed by atoms with Crippen LogP contribution in [0.1, 0.15) is 16.7 Å². The van der Waals surface area contributed by atoms with Gasteiger partial charge in [0.25, 0.3) is 0 Å². The first-order chi connectivity index (χ1) is 9.06. The summed E-state index contributed by atoms with van der Waals surface area (Å²) in [5, 5.41) is 0. The van der Waals surface area contributed by atoms with Crippen molar-refractivity contribution in [3.05, 3.63) is 47.2 Å². The van der Waals surface area contributed by atoms with Crippen LogP contribution in [0, 0.1) is 20.8 Å². The molecule has 3 aromatic rings. The van der Waals surface area contributed by atoms with Gasteiger partial charge in [-0.3, -0.25) is 4.57 Å². The number of nitrogens with two attached hydrogens (primary N) is 1. The Morgan fingerprint density at radius 1 is 1.05 bits per heavy atom. The lowest BCUT2D eigenvalue weighted by atomic mass is 10.1. The Kier molecular flexibility index (Phi) is 2.52. The van der Waals surface area contributed by atoms with Gasteiger partial charge in [0, 0.05) is 6.20 Å². The van der Waals surface area contributed by atoms with Crippen molar-refractivity contribution in [2.45, 2.75) is 20.8 Å². The molecule has 0 spiro atoms. The first-order valence-corrected chi connectivity index (χ1v) is 6.24. The zero-order valence-corrected chi connectivity index (χ0v) is 11.3. The summed E-state index contributed by atoms with van der Waals surface area (Å²) >= 11 is 0. The van der Waals surface area contributed by atoms with E-state index in [9.17, 15) is 0 Å². The van der Waals surface area contributed by atoms with Crippen LogP contribution in [0.3, 0.4) is 0 Å². The van der Waals surface area contributed by atoms with Crippen LogP contribution in [-0.4, -0.2) is 14.5 Å². The standard InChI is InChI=1S/C15H16N4/c1-9-6-10(2)8-12(7-9)19-14-13(18-15(19)16)11(3)4-5-17-14/h4-8H,1-3H3,(H2,16,18). The molecule has 4 heteroatoms. The molecule has 0 saturated carbocycles. The molecule has 0 aliphatic carbocycles. The van der Waals surface area contributed by atoms with E-state index >= 15 is 0 Å². The minimum Gasteiger partial charge on any atom is -0.369 e. The number of pyridine rings is 1. The second-order valence-electron chi connectivity index (χ2n) is 4.95. The van der Waals surface area contributed by atoms with Gasteiger partial charge in [0.15, 0.2) is 5.65 Å². The van der Waals surface area contributed by atoms with E-state index in [1.807, 2.05) is 17.6 Å². The van der Waals surface area contributed by atoms with Gasteiger partial charge in [-0.1, -0.05) is 6.07 Å². The second-order valence-corrected chi connectivity index (χ2v) is 4.95. The van der Waals surface area contributed by atoms with E-state index in [1.54, 1.807) is 6.20 Å². The molecule has 2 aromatic heterocycles. The molecule has 0 atom stereocenters. The lowest BCUT2D eigenvalue weighted by molar-refractivity contribution is 1.07. The van der Waals surface area contributed by atoms with Crippen LogP contribution in [0.5, 0.6) is 0 Å². The zero-order chi connectivity index (χ0) is 13.6. The summed E-state index contributed by atoms with van der Waals surface area (Å²) in [6.45, 7) is 6.16. The van der Waals surface area contributed by atoms with E-state index in [4.69, 9.17) is 5.73 Å². The number of aryl methyl sites for hydroxylation is 3. The van der Waals surface area contributed by atoms with Gasteiger partial charge >= 0.3 is 0 Å². The molecule has 1 aromatic carbocycles. The van der Waals surface area contributed by atoms with Crippen LogP contribution in [0.25, 0.3) is 16.9 Å². The molecule has 96 valence electrons. The maximum Gasteiger partial charge on any atom is 0.207 e. The largest absolute Gasteiger partial charge is 0.369 e. The number of nitrogen functional groups attached to an aromatic ring is 1. The van der Waals surface area contributed by atoms with Crippen molar-refractivity contribution in [2.24, 2.45) is 0 Å². The average Bonchev–Trinajstić information content (AvgIpc) is 2.65. The SMILES string of the molecule is Cc1cc(C)cc(-n2c(N)nc3c(C)ccnc32)c1. The molecule has 2 heterocycles. The minimum atomic E-state index is 0.474. The quantitative estimate of drug-likeness (QED) is 0.724. The van der Waals surface area contributed by atoms with Gasteiger partial charge < -0.3 is 5.73 Å². The minimum absolute atomic E-state index is 0.474. The van der Waals surface area contributed by atoms with Crippen molar-refractivity contribution in [1.82, 2.24) is 14.5 Å². The summed E-state index contributed by atoms with van der Waals surface area (Å²) in [5.74, 6) is 0.474. The summed E-state index contributed by atoms with van der Waals surface area (Å²) < 4.78 is 1.91. The highest BCUT2D eigenvalue weighted by molar-refractivity contribution is 5.80. The third-order valence-electron chi connectivity index (χ3n) is 3.24. The molecule has 0 saturated heterocycles. The lowest BCUT2D eigenvalue weighted by Gasteiger charge is -2.08. The second kappa shape index (κ2) is 4.09. The molecule has 0 bridgehead atoms. The zero-order valence-electron chi connectivity index (χ0n) is 11.3. The number of hydrogen-bond donors (Lipinski definition) is 1. The van der Waals surface area contributed by atoms with E-state index in [-0.39, 0.29) is 0 Å². The molecular weight excluding hydrogens is 236 g/mol. The first-order valence-electron chi connectivity index (χ1n) is 6.24. The molecule has 0 radical (unpaired) electrons. The van der Waals surface area contributed by atoms with E-state index in [0.717, 1.165) is 22.4 Å². The van der Waals surface area contributed by atoms with Gasteiger partial charge in [-0.25, -0.2) is 9.97 Å². The fraction of sp³-hybridized carbons (Fsp3) is 0.200. The molecule has 3 rings (SSSR count). The third kappa shape index (κ3) is 1.85. The number of aromatic nitrogens is 3.